The van der Waals surface area contributed by atoms with E-state index in [2.05, 4.69) is 28.8 Å². The fraction of sp³-hybridized carbons (Fsp3) is 0.538. The van der Waals surface area contributed by atoms with Crippen LogP contribution in [0.2, 0.25) is 0 Å². The second-order valence-electron chi connectivity index (χ2n) is 4.10. The summed E-state index contributed by atoms with van der Waals surface area (Å²) in [4.78, 5) is 8.51. The SMILES string of the molecule is C=C(C)CCOc1ncc(CNCC)c(C)n1. The molecule has 1 rings (SSSR count). The fourth-order valence-corrected chi connectivity index (χ4v) is 1.29. The molecule has 1 N–H and O–H groups in total. The fourth-order valence-electron chi connectivity index (χ4n) is 1.29. The molecule has 1 heterocycles. The van der Waals surface area contributed by atoms with E-state index < -0.39 is 0 Å². The van der Waals surface area contributed by atoms with Crippen molar-refractivity contribution in [1.82, 2.24) is 15.3 Å². The van der Waals surface area contributed by atoms with Crippen LogP contribution in [0.3, 0.4) is 0 Å². The molecule has 0 aliphatic rings. The predicted octanol–water partition coefficient (Wildman–Crippen LogP) is 2.24. The van der Waals surface area contributed by atoms with Crippen LogP contribution in [-0.4, -0.2) is 23.1 Å². The van der Waals surface area contributed by atoms with Crippen molar-refractivity contribution < 1.29 is 4.74 Å². The minimum Gasteiger partial charge on any atom is -0.463 e. The molecule has 0 amide bonds. The van der Waals surface area contributed by atoms with Crippen LogP contribution in [0.5, 0.6) is 6.01 Å². The molecule has 0 unspecified atom stereocenters. The third-order valence-corrected chi connectivity index (χ3v) is 2.38. The lowest BCUT2D eigenvalue weighted by Crippen LogP contribution is -2.14. The van der Waals surface area contributed by atoms with Gasteiger partial charge in [-0.15, -0.1) is 6.58 Å². The lowest BCUT2D eigenvalue weighted by molar-refractivity contribution is 0.295. The molecule has 0 fully saturated rings. The maximum Gasteiger partial charge on any atom is 0.316 e. The van der Waals surface area contributed by atoms with Gasteiger partial charge in [-0.25, -0.2) is 9.97 Å². The number of aromatic nitrogens is 2. The standard InChI is InChI=1S/C13H21N3O/c1-5-14-8-12-9-15-13(16-11(12)4)17-7-6-10(2)3/h9,14H,2,5-8H2,1,3-4H3. The second kappa shape index (κ2) is 7.01. The summed E-state index contributed by atoms with van der Waals surface area (Å²) >= 11 is 0. The Morgan fingerprint density at radius 2 is 2.29 bits per heavy atom. The van der Waals surface area contributed by atoms with Gasteiger partial charge in [-0.2, -0.15) is 0 Å². The van der Waals surface area contributed by atoms with E-state index in [1.54, 1.807) is 0 Å². The van der Waals surface area contributed by atoms with Crippen LogP contribution in [0.15, 0.2) is 18.3 Å². The number of nitrogens with one attached hydrogen (secondary N) is 1. The topological polar surface area (TPSA) is 47.0 Å². The van der Waals surface area contributed by atoms with E-state index in [4.69, 9.17) is 4.74 Å². The Morgan fingerprint density at radius 3 is 2.88 bits per heavy atom. The molecule has 4 heteroatoms. The molecule has 0 saturated heterocycles. The van der Waals surface area contributed by atoms with Crippen LogP contribution in [0.4, 0.5) is 0 Å². The quantitative estimate of drug-likeness (QED) is 0.736. The monoisotopic (exact) mass is 235 g/mol. The average Bonchev–Trinajstić information content (AvgIpc) is 2.27. The second-order valence-corrected chi connectivity index (χ2v) is 4.10. The molecule has 0 bridgehead atoms. The van der Waals surface area contributed by atoms with E-state index >= 15 is 0 Å². The molecule has 0 aliphatic heterocycles. The van der Waals surface area contributed by atoms with E-state index in [-0.39, 0.29) is 0 Å². The molecule has 0 aliphatic carbocycles. The minimum atomic E-state index is 0.448. The third kappa shape index (κ3) is 4.95. The van der Waals surface area contributed by atoms with Gasteiger partial charge in [0.25, 0.3) is 0 Å². The highest BCUT2D eigenvalue weighted by molar-refractivity contribution is 5.17. The van der Waals surface area contributed by atoms with Gasteiger partial charge in [-0.3, -0.25) is 0 Å². The van der Waals surface area contributed by atoms with Gasteiger partial charge in [-0.05, 0) is 20.4 Å². The lowest BCUT2D eigenvalue weighted by Gasteiger charge is -2.08. The van der Waals surface area contributed by atoms with E-state index in [0.29, 0.717) is 12.6 Å². The smallest absolute Gasteiger partial charge is 0.316 e. The van der Waals surface area contributed by atoms with Crippen LogP contribution in [0.25, 0.3) is 0 Å². The highest BCUT2D eigenvalue weighted by atomic mass is 16.5. The minimum absolute atomic E-state index is 0.448. The summed E-state index contributed by atoms with van der Waals surface area (Å²) in [6, 6.07) is 0.448. The summed E-state index contributed by atoms with van der Waals surface area (Å²) in [5, 5.41) is 3.25. The van der Waals surface area contributed by atoms with Crippen molar-refractivity contribution in [2.75, 3.05) is 13.2 Å². The summed E-state index contributed by atoms with van der Waals surface area (Å²) in [5.74, 6) is 0. The van der Waals surface area contributed by atoms with Crippen molar-refractivity contribution in [3.05, 3.63) is 29.6 Å². The normalized spacial score (nSPS) is 10.3. The summed E-state index contributed by atoms with van der Waals surface area (Å²) in [5.41, 5.74) is 3.18. The molecule has 0 atom stereocenters. The Labute approximate surface area is 103 Å². The van der Waals surface area contributed by atoms with Crippen LogP contribution in [0, 0.1) is 6.92 Å². The highest BCUT2D eigenvalue weighted by Crippen LogP contribution is 2.09. The molecule has 1 aromatic heterocycles. The van der Waals surface area contributed by atoms with Crippen molar-refractivity contribution in [2.45, 2.75) is 33.7 Å². The zero-order chi connectivity index (χ0) is 12.7. The zero-order valence-corrected chi connectivity index (χ0v) is 10.9. The van der Waals surface area contributed by atoms with Gasteiger partial charge in [0.05, 0.1) is 6.61 Å². The van der Waals surface area contributed by atoms with Gasteiger partial charge in [0.1, 0.15) is 0 Å². The largest absolute Gasteiger partial charge is 0.463 e. The maximum atomic E-state index is 5.45. The Hall–Kier alpha value is -1.42. The number of nitrogens with zero attached hydrogens (tertiary/aromatic N) is 2. The van der Waals surface area contributed by atoms with Crippen LogP contribution < -0.4 is 10.1 Å². The molecule has 17 heavy (non-hydrogen) atoms. The van der Waals surface area contributed by atoms with Gasteiger partial charge < -0.3 is 10.1 Å². The van der Waals surface area contributed by atoms with Crippen molar-refractivity contribution in [3.63, 3.8) is 0 Å². The van der Waals surface area contributed by atoms with Crippen molar-refractivity contribution in [1.29, 1.82) is 0 Å². The third-order valence-electron chi connectivity index (χ3n) is 2.38. The molecular weight excluding hydrogens is 214 g/mol. The number of hydrogen-bond acceptors (Lipinski definition) is 4. The number of hydrogen-bond donors (Lipinski definition) is 1. The highest BCUT2D eigenvalue weighted by Gasteiger charge is 2.03. The Bertz CT molecular complexity index is 377. The Morgan fingerprint density at radius 1 is 1.53 bits per heavy atom. The first-order chi connectivity index (χ1) is 8.13. The first kappa shape index (κ1) is 13.6. The number of ether oxygens (including phenoxy) is 1. The molecule has 4 nitrogen and oxygen atoms in total. The van der Waals surface area contributed by atoms with E-state index in [0.717, 1.165) is 36.3 Å². The first-order valence-corrected chi connectivity index (χ1v) is 5.94. The summed E-state index contributed by atoms with van der Waals surface area (Å²) in [6.45, 7) is 12.2. The predicted molar refractivity (Wildman–Crippen MR) is 69.1 cm³/mol. The zero-order valence-electron chi connectivity index (χ0n) is 10.9. The summed E-state index contributed by atoms with van der Waals surface area (Å²) < 4.78 is 5.45. The first-order valence-electron chi connectivity index (χ1n) is 5.94. The molecular formula is C13H21N3O. The average molecular weight is 235 g/mol. The van der Waals surface area contributed by atoms with Gasteiger partial charge in [-0.1, -0.05) is 12.5 Å². The number of aryl methyl sites for hydroxylation is 1. The summed E-state index contributed by atoms with van der Waals surface area (Å²) in [7, 11) is 0. The molecule has 1 aromatic rings. The lowest BCUT2D eigenvalue weighted by atomic mass is 10.2. The molecule has 0 spiro atoms. The van der Waals surface area contributed by atoms with E-state index in [9.17, 15) is 0 Å². The van der Waals surface area contributed by atoms with Crippen molar-refractivity contribution >= 4 is 0 Å². The summed E-state index contributed by atoms with van der Waals surface area (Å²) in [6.07, 6.45) is 2.66. The van der Waals surface area contributed by atoms with E-state index in [1.807, 2.05) is 20.0 Å². The van der Waals surface area contributed by atoms with Gasteiger partial charge >= 0.3 is 6.01 Å². The van der Waals surface area contributed by atoms with Crippen LogP contribution >= 0.6 is 0 Å². The molecule has 94 valence electrons. The Kier molecular flexibility index (Phi) is 5.63. The Balaban J connectivity index is 2.52. The van der Waals surface area contributed by atoms with Crippen LogP contribution in [-0.2, 0) is 6.54 Å². The molecule has 0 radical (unpaired) electrons. The van der Waals surface area contributed by atoms with Crippen LogP contribution in [0.1, 0.15) is 31.5 Å². The van der Waals surface area contributed by atoms with Gasteiger partial charge in [0.2, 0.25) is 0 Å². The van der Waals surface area contributed by atoms with Crippen molar-refractivity contribution in [3.8, 4) is 6.01 Å². The number of rotatable bonds is 7. The van der Waals surface area contributed by atoms with Gasteiger partial charge in [0.15, 0.2) is 0 Å². The maximum absolute atomic E-state index is 5.45. The molecule has 0 aromatic carbocycles. The van der Waals surface area contributed by atoms with E-state index in [1.165, 1.54) is 0 Å². The molecule has 0 saturated carbocycles. The van der Waals surface area contributed by atoms with Crippen molar-refractivity contribution in [2.24, 2.45) is 0 Å². The van der Waals surface area contributed by atoms with Gasteiger partial charge in [0, 0.05) is 30.4 Å².